The Balaban J connectivity index is 1.61. The van der Waals surface area contributed by atoms with Crippen LogP contribution in [0.5, 0.6) is 0 Å². The molecule has 36 heavy (non-hydrogen) atoms. The van der Waals surface area contributed by atoms with Gasteiger partial charge in [-0.05, 0) is 47.6 Å². The quantitative estimate of drug-likeness (QED) is 0.365. The van der Waals surface area contributed by atoms with Crippen molar-refractivity contribution in [2.75, 3.05) is 4.90 Å². The maximum atomic E-state index is 15.8. The van der Waals surface area contributed by atoms with Crippen molar-refractivity contribution in [2.45, 2.75) is 38.6 Å². The van der Waals surface area contributed by atoms with Crippen LogP contribution in [0.1, 0.15) is 43.2 Å². The van der Waals surface area contributed by atoms with Crippen LogP contribution in [-0.4, -0.2) is 31.7 Å². The molecule has 1 saturated carbocycles. The fourth-order valence-electron chi connectivity index (χ4n) is 5.14. The number of carboxylic acid groups (broad SMARTS) is 1. The molecular formula is C28H27FN4O3. The molecule has 184 valence electrons. The number of fused-ring (bicyclic) bond motifs is 2. The zero-order chi connectivity index (χ0) is 25.2. The van der Waals surface area contributed by atoms with Crippen molar-refractivity contribution in [3.63, 3.8) is 0 Å². The molecule has 7 nitrogen and oxygen atoms in total. The minimum absolute atomic E-state index is 0.0186. The zero-order valence-electron chi connectivity index (χ0n) is 20.0. The summed E-state index contributed by atoms with van der Waals surface area (Å²) in [5.41, 5.74) is 2.22. The number of rotatable bonds is 6. The molecule has 2 heterocycles. The van der Waals surface area contributed by atoms with Gasteiger partial charge in [0.15, 0.2) is 5.82 Å². The molecule has 1 amide bonds. The van der Waals surface area contributed by atoms with Crippen LogP contribution in [0, 0.1) is 11.7 Å². The number of pyridine rings is 1. The van der Waals surface area contributed by atoms with Crippen molar-refractivity contribution in [2.24, 2.45) is 13.0 Å². The summed E-state index contributed by atoms with van der Waals surface area (Å²) < 4.78 is 17.3. The highest BCUT2D eigenvalue weighted by Gasteiger charge is 2.28. The first-order valence-electron chi connectivity index (χ1n) is 12.1. The number of aryl methyl sites for hydroxylation is 1. The number of aromatic nitrogens is 3. The molecule has 0 atom stereocenters. The van der Waals surface area contributed by atoms with Crippen LogP contribution in [0.25, 0.3) is 27.8 Å². The molecule has 0 aliphatic heterocycles. The molecule has 2 aromatic heterocycles. The molecule has 1 fully saturated rings. The van der Waals surface area contributed by atoms with E-state index in [0.717, 1.165) is 49.0 Å². The number of aliphatic carboxylic acids is 1. The molecule has 4 aromatic rings. The van der Waals surface area contributed by atoms with Gasteiger partial charge in [-0.15, -0.1) is 0 Å². The fraction of sp³-hybridized carbons (Fsp3) is 0.286. The van der Waals surface area contributed by atoms with Crippen molar-refractivity contribution < 1.29 is 19.1 Å². The van der Waals surface area contributed by atoms with Gasteiger partial charge in [0, 0.05) is 36.0 Å². The topological polar surface area (TPSA) is 88.3 Å². The first kappa shape index (κ1) is 23.7. The van der Waals surface area contributed by atoms with E-state index in [1.54, 1.807) is 36.6 Å². The molecule has 1 aliphatic rings. The van der Waals surface area contributed by atoms with Crippen LogP contribution < -0.4 is 4.90 Å². The minimum Gasteiger partial charge on any atom is -0.478 e. The van der Waals surface area contributed by atoms with Gasteiger partial charge in [0.25, 0.3) is 0 Å². The Kier molecular flexibility index (Phi) is 6.50. The van der Waals surface area contributed by atoms with Gasteiger partial charge >= 0.3 is 5.97 Å². The second-order valence-electron chi connectivity index (χ2n) is 9.32. The molecule has 0 spiro atoms. The molecule has 0 radical (unpaired) electrons. The van der Waals surface area contributed by atoms with Crippen LogP contribution in [0.2, 0.25) is 0 Å². The fourth-order valence-corrected chi connectivity index (χ4v) is 5.14. The molecule has 8 heteroatoms. The average Bonchev–Trinajstić information content (AvgIpc) is 3.27. The summed E-state index contributed by atoms with van der Waals surface area (Å²) in [5.74, 6) is -1.56. The highest BCUT2D eigenvalue weighted by atomic mass is 19.1. The van der Waals surface area contributed by atoms with Crippen molar-refractivity contribution in [1.29, 1.82) is 0 Å². The Morgan fingerprint density at radius 2 is 1.94 bits per heavy atom. The Hall–Kier alpha value is -4.07. The number of anilines is 1. The second-order valence-corrected chi connectivity index (χ2v) is 9.32. The number of hydrogen-bond donors (Lipinski definition) is 1. The first-order valence-corrected chi connectivity index (χ1v) is 12.1. The molecule has 0 saturated heterocycles. The van der Waals surface area contributed by atoms with E-state index in [1.165, 1.54) is 10.8 Å². The SMILES string of the molecule is Cn1ncc2cc3cccc(CN(C(=O)C4CCCCC4)c4cncc(C=CC(=O)O)c4)c3c(F)c21. The van der Waals surface area contributed by atoms with Gasteiger partial charge in [0.1, 0.15) is 5.52 Å². The highest BCUT2D eigenvalue weighted by Crippen LogP contribution is 2.33. The Labute approximate surface area is 207 Å². The Morgan fingerprint density at radius 3 is 2.72 bits per heavy atom. The first-order chi connectivity index (χ1) is 17.4. The van der Waals surface area contributed by atoms with E-state index in [-0.39, 0.29) is 24.2 Å². The number of carboxylic acids is 1. The van der Waals surface area contributed by atoms with E-state index in [4.69, 9.17) is 5.11 Å². The van der Waals surface area contributed by atoms with Gasteiger partial charge in [0.05, 0.1) is 24.6 Å². The largest absolute Gasteiger partial charge is 0.478 e. The summed E-state index contributed by atoms with van der Waals surface area (Å²) in [6.07, 6.45) is 12.0. The lowest BCUT2D eigenvalue weighted by Crippen LogP contribution is -2.37. The van der Waals surface area contributed by atoms with Crippen molar-refractivity contribution in [3.8, 4) is 0 Å². The van der Waals surface area contributed by atoms with Gasteiger partial charge in [-0.25, -0.2) is 9.18 Å². The summed E-state index contributed by atoms with van der Waals surface area (Å²) in [7, 11) is 1.71. The maximum Gasteiger partial charge on any atom is 0.328 e. The molecular weight excluding hydrogens is 459 g/mol. The normalized spacial score (nSPS) is 14.6. The maximum absolute atomic E-state index is 15.8. The Morgan fingerprint density at radius 1 is 1.14 bits per heavy atom. The monoisotopic (exact) mass is 486 g/mol. The van der Waals surface area contributed by atoms with E-state index >= 15 is 4.39 Å². The van der Waals surface area contributed by atoms with Gasteiger partial charge in [-0.2, -0.15) is 5.10 Å². The molecule has 0 bridgehead atoms. The minimum atomic E-state index is -1.07. The summed E-state index contributed by atoms with van der Waals surface area (Å²) >= 11 is 0. The van der Waals surface area contributed by atoms with E-state index in [9.17, 15) is 9.59 Å². The Bertz CT molecular complexity index is 1490. The molecule has 2 aromatic carbocycles. The molecule has 5 rings (SSSR count). The number of benzene rings is 2. The van der Waals surface area contributed by atoms with E-state index < -0.39 is 5.97 Å². The lowest BCUT2D eigenvalue weighted by Gasteiger charge is -2.30. The molecule has 1 aliphatic carbocycles. The third-order valence-electron chi connectivity index (χ3n) is 6.91. The van der Waals surface area contributed by atoms with Crippen LogP contribution in [-0.2, 0) is 23.2 Å². The molecule has 0 unspecified atom stereocenters. The van der Waals surface area contributed by atoms with E-state index in [0.29, 0.717) is 27.7 Å². The lowest BCUT2D eigenvalue weighted by atomic mass is 9.88. The number of carbonyl (C=O) groups is 2. The van der Waals surface area contributed by atoms with Crippen molar-refractivity contribution >= 4 is 45.3 Å². The van der Waals surface area contributed by atoms with Crippen LogP contribution in [0.15, 0.2) is 55.0 Å². The standard InChI is InChI=1S/C28H27FN4O3/c1-32-27-22(15-31-32)13-20-8-5-9-21(25(20)26(27)29)17-33(28(36)19-6-3-2-4-7-19)23-12-18(14-30-16-23)10-11-24(34)35/h5,8-16,19H,2-4,6-7,17H2,1H3,(H,34,35). The summed E-state index contributed by atoms with van der Waals surface area (Å²) in [5, 5.41) is 15.1. The van der Waals surface area contributed by atoms with E-state index in [2.05, 4.69) is 10.1 Å². The number of hydrogen-bond acceptors (Lipinski definition) is 4. The number of carbonyl (C=O) groups excluding carboxylic acids is 1. The van der Waals surface area contributed by atoms with Crippen molar-refractivity contribution in [1.82, 2.24) is 14.8 Å². The summed E-state index contributed by atoms with van der Waals surface area (Å²) in [6.45, 7) is 0.167. The zero-order valence-corrected chi connectivity index (χ0v) is 20.0. The number of amides is 1. The van der Waals surface area contributed by atoms with Gasteiger partial charge in [-0.1, -0.05) is 37.5 Å². The average molecular weight is 487 g/mol. The van der Waals surface area contributed by atoms with Crippen LogP contribution >= 0.6 is 0 Å². The predicted octanol–water partition coefficient (Wildman–Crippen LogP) is 5.47. The lowest BCUT2D eigenvalue weighted by molar-refractivity contribution is -0.131. The van der Waals surface area contributed by atoms with E-state index in [1.807, 2.05) is 24.3 Å². The number of halogens is 1. The van der Waals surface area contributed by atoms with Crippen LogP contribution in [0.3, 0.4) is 0 Å². The summed E-state index contributed by atoms with van der Waals surface area (Å²) in [4.78, 5) is 30.7. The van der Waals surface area contributed by atoms with Crippen molar-refractivity contribution in [3.05, 3.63) is 71.9 Å². The smallest absolute Gasteiger partial charge is 0.328 e. The summed E-state index contributed by atoms with van der Waals surface area (Å²) in [6, 6.07) is 9.23. The van der Waals surface area contributed by atoms with Gasteiger partial charge < -0.3 is 10.0 Å². The third-order valence-corrected chi connectivity index (χ3v) is 6.91. The number of nitrogens with zero attached hydrogens (tertiary/aromatic N) is 4. The van der Waals surface area contributed by atoms with Gasteiger partial charge in [0.2, 0.25) is 5.91 Å². The van der Waals surface area contributed by atoms with Crippen LogP contribution in [0.4, 0.5) is 10.1 Å². The highest BCUT2D eigenvalue weighted by molar-refractivity contribution is 6.00. The van der Waals surface area contributed by atoms with Gasteiger partial charge in [-0.3, -0.25) is 14.5 Å². The predicted molar refractivity (Wildman–Crippen MR) is 137 cm³/mol. The third kappa shape index (κ3) is 4.58. The second kappa shape index (κ2) is 9.89. The molecule has 1 N–H and O–H groups in total.